The highest BCUT2D eigenvalue weighted by molar-refractivity contribution is 7.18. The summed E-state index contributed by atoms with van der Waals surface area (Å²) in [5, 5.41) is 3.92. The van der Waals surface area contributed by atoms with E-state index in [1.165, 1.54) is 6.33 Å². The van der Waals surface area contributed by atoms with Crippen LogP contribution in [0.5, 0.6) is 0 Å². The van der Waals surface area contributed by atoms with E-state index in [4.69, 9.17) is 0 Å². The number of fused-ring (bicyclic) bond motifs is 2. The average molecular weight is 341 g/mol. The van der Waals surface area contributed by atoms with E-state index in [-0.39, 0.29) is 5.56 Å². The van der Waals surface area contributed by atoms with E-state index < -0.39 is 0 Å². The van der Waals surface area contributed by atoms with Crippen LogP contribution in [0.2, 0.25) is 0 Å². The standard InChI is InChI=1S/C15H15N7OS/c1-7-8(2)24-15-10(7)14(23)21-9(22-15)3-4-16-12-11-13(18-5-17-11)20-6-19-12/h5-6H,3-4H2,1-2H3,(H,21,22,23)(H2,16,17,18,19,20). The molecule has 0 spiro atoms. The minimum absolute atomic E-state index is 0.0742. The number of imidazole rings is 1. The van der Waals surface area contributed by atoms with Crippen LogP contribution in [0.4, 0.5) is 5.82 Å². The fourth-order valence-corrected chi connectivity index (χ4v) is 3.66. The molecule has 0 amide bonds. The van der Waals surface area contributed by atoms with Gasteiger partial charge >= 0.3 is 0 Å². The summed E-state index contributed by atoms with van der Waals surface area (Å²) in [7, 11) is 0. The Hall–Kier alpha value is -2.81. The van der Waals surface area contributed by atoms with Gasteiger partial charge in [0.2, 0.25) is 0 Å². The molecule has 0 unspecified atom stereocenters. The van der Waals surface area contributed by atoms with E-state index in [9.17, 15) is 4.79 Å². The molecule has 0 radical (unpaired) electrons. The summed E-state index contributed by atoms with van der Waals surface area (Å²) >= 11 is 1.55. The number of anilines is 1. The van der Waals surface area contributed by atoms with Gasteiger partial charge in [-0.3, -0.25) is 4.79 Å². The van der Waals surface area contributed by atoms with Crippen molar-refractivity contribution in [1.82, 2.24) is 29.9 Å². The summed E-state index contributed by atoms with van der Waals surface area (Å²) < 4.78 is 0. The van der Waals surface area contributed by atoms with Gasteiger partial charge in [0.25, 0.3) is 5.56 Å². The Bertz CT molecular complexity index is 1090. The third-order valence-corrected chi connectivity index (χ3v) is 5.07. The molecule has 0 saturated heterocycles. The number of hydrogen-bond donors (Lipinski definition) is 3. The number of aromatic nitrogens is 6. The number of rotatable bonds is 4. The van der Waals surface area contributed by atoms with Crippen LogP contribution in [-0.4, -0.2) is 36.4 Å². The minimum atomic E-state index is -0.0742. The molecule has 8 nitrogen and oxygen atoms in total. The molecule has 0 atom stereocenters. The van der Waals surface area contributed by atoms with Gasteiger partial charge in [-0.2, -0.15) is 0 Å². The van der Waals surface area contributed by atoms with Gasteiger partial charge in [0.05, 0.1) is 11.7 Å². The second kappa shape index (κ2) is 5.68. The number of nitrogens with zero attached hydrogens (tertiary/aromatic N) is 4. The molecule has 3 N–H and O–H groups in total. The summed E-state index contributed by atoms with van der Waals surface area (Å²) in [4.78, 5) is 37.0. The maximum absolute atomic E-state index is 12.3. The molecule has 4 rings (SSSR count). The number of aryl methyl sites for hydroxylation is 2. The molecule has 122 valence electrons. The summed E-state index contributed by atoms with van der Waals surface area (Å²) in [6.45, 7) is 4.55. The van der Waals surface area contributed by atoms with Crippen LogP contribution in [0.25, 0.3) is 21.4 Å². The zero-order valence-corrected chi connectivity index (χ0v) is 14.0. The first-order valence-electron chi connectivity index (χ1n) is 7.50. The van der Waals surface area contributed by atoms with E-state index >= 15 is 0 Å². The fourth-order valence-electron chi connectivity index (χ4n) is 2.62. The first kappa shape index (κ1) is 14.8. The van der Waals surface area contributed by atoms with Crippen LogP contribution in [0.15, 0.2) is 17.4 Å². The molecule has 4 aromatic heterocycles. The lowest BCUT2D eigenvalue weighted by Gasteiger charge is -2.05. The van der Waals surface area contributed by atoms with Gasteiger partial charge in [0.15, 0.2) is 11.5 Å². The molecule has 0 bridgehead atoms. The van der Waals surface area contributed by atoms with Gasteiger partial charge in [-0.05, 0) is 19.4 Å². The molecule has 0 aromatic carbocycles. The number of aromatic amines is 2. The molecule has 0 fully saturated rings. The lowest BCUT2D eigenvalue weighted by Crippen LogP contribution is -2.15. The topological polar surface area (TPSA) is 112 Å². The monoisotopic (exact) mass is 341 g/mol. The van der Waals surface area contributed by atoms with Crippen molar-refractivity contribution >= 4 is 38.5 Å². The number of nitrogens with one attached hydrogen (secondary N) is 3. The summed E-state index contributed by atoms with van der Waals surface area (Å²) in [5.74, 6) is 1.35. The average Bonchev–Trinajstić information content (AvgIpc) is 3.13. The molecule has 0 aliphatic rings. The Labute approximate surface area is 140 Å². The van der Waals surface area contributed by atoms with Gasteiger partial charge in [0.1, 0.15) is 22.5 Å². The van der Waals surface area contributed by atoms with Crippen molar-refractivity contribution < 1.29 is 0 Å². The van der Waals surface area contributed by atoms with Crippen molar-refractivity contribution in [3.05, 3.63) is 39.3 Å². The van der Waals surface area contributed by atoms with Crippen LogP contribution >= 0.6 is 11.3 Å². The zero-order chi connectivity index (χ0) is 16.7. The molecule has 4 heterocycles. The van der Waals surface area contributed by atoms with Gasteiger partial charge in [0, 0.05) is 17.8 Å². The molecular weight excluding hydrogens is 326 g/mol. The van der Waals surface area contributed by atoms with Crippen LogP contribution in [0.1, 0.15) is 16.3 Å². The predicted octanol–water partition coefficient (Wildman–Crippen LogP) is 1.92. The van der Waals surface area contributed by atoms with E-state index in [1.54, 1.807) is 17.7 Å². The third kappa shape index (κ3) is 2.42. The van der Waals surface area contributed by atoms with Crippen LogP contribution < -0.4 is 10.9 Å². The second-order valence-electron chi connectivity index (χ2n) is 5.48. The van der Waals surface area contributed by atoms with Crippen molar-refractivity contribution in [3.63, 3.8) is 0 Å². The number of H-pyrrole nitrogens is 2. The van der Waals surface area contributed by atoms with Crippen molar-refractivity contribution in [2.75, 3.05) is 11.9 Å². The molecular formula is C15H15N7OS. The van der Waals surface area contributed by atoms with E-state index in [1.807, 2.05) is 13.8 Å². The smallest absolute Gasteiger partial charge is 0.259 e. The van der Waals surface area contributed by atoms with Crippen molar-refractivity contribution in [2.24, 2.45) is 0 Å². The Morgan fingerprint density at radius 3 is 3.00 bits per heavy atom. The van der Waals surface area contributed by atoms with Crippen LogP contribution in [0.3, 0.4) is 0 Å². The lowest BCUT2D eigenvalue weighted by atomic mass is 10.2. The molecule has 0 aliphatic carbocycles. The Balaban J connectivity index is 1.55. The first-order valence-corrected chi connectivity index (χ1v) is 8.32. The highest BCUT2D eigenvalue weighted by Crippen LogP contribution is 2.25. The molecule has 0 saturated carbocycles. The Kier molecular flexibility index (Phi) is 3.49. The summed E-state index contributed by atoms with van der Waals surface area (Å²) in [5.41, 5.74) is 2.31. The SMILES string of the molecule is Cc1sc2nc(CCNc3ncnc4nc[nH]c34)[nH]c(=O)c2c1C. The molecule has 9 heteroatoms. The zero-order valence-electron chi connectivity index (χ0n) is 13.2. The van der Waals surface area contributed by atoms with Crippen LogP contribution in [0, 0.1) is 13.8 Å². The normalized spacial score (nSPS) is 11.4. The second-order valence-corrected chi connectivity index (χ2v) is 6.68. The third-order valence-electron chi connectivity index (χ3n) is 3.97. The quantitative estimate of drug-likeness (QED) is 0.523. The Morgan fingerprint density at radius 1 is 1.25 bits per heavy atom. The van der Waals surface area contributed by atoms with Crippen LogP contribution in [-0.2, 0) is 6.42 Å². The van der Waals surface area contributed by atoms with E-state index in [0.717, 1.165) is 20.8 Å². The molecule has 0 aliphatic heterocycles. The molecule has 24 heavy (non-hydrogen) atoms. The fraction of sp³-hybridized carbons (Fsp3) is 0.267. The maximum Gasteiger partial charge on any atom is 0.259 e. The van der Waals surface area contributed by atoms with Crippen molar-refractivity contribution in [2.45, 2.75) is 20.3 Å². The van der Waals surface area contributed by atoms with Gasteiger partial charge in [-0.25, -0.2) is 19.9 Å². The van der Waals surface area contributed by atoms with E-state index in [0.29, 0.717) is 35.6 Å². The Morgan fingerprint density at radius 2 is 2.12 bits per heavy atom. The van der Waals surface area contributed by atoms with Gasteiger partial charge in [-0.15, -0.1) is 11.3 Å². The molecule has 4 aromatic rings. The van der Waals surface area contributed by atoms with Crippen molar-refractivity contribution in [3.8, 4) is 0 Å². The number of hydrogen-bond acceptors (Lipinski definition) is 7. The first-order chi connectivity index (χ1) is 11.6. The largest absolute Gasteiger partial charge is 0.368 e. The maximum atomic E-state index is 12.3. The highest BCUT2D eigenvalue weighted by atomic mass is 32.1. The van der Waals surface area contributed by atoms with Gasteiger partial charge in [-0.1, -0.05) is 0 Å². The lowest BCUT2D eigenvalue weighted by molar-refractivity contribution is 0.895. The number of thiophene rings is 1. The van der Waals surface area contributed by atoms with Gasteiger partial charge < -0.3 is 15.3 Å². The summed E-state index contributed by atoms with van der Waals surface area (Å²) in [6, 6.07) is 0. The predicted molar refractivity (Wildman–Crippen MR) is 93.6 cm³/mol. The minimum Gasteiger partial charge on any atom is -0.368 e. The van der Waals surface area contributed by atoms with Crippen molar-refractivity contribution in [1.29, 1.82) is 0 Å². The highest BCUT2D eigenvalue weighted by Gasteiger charge is 2.12. The van der Waals surface area contributed by atoms with E-state index in [2.05, 4.69) is 35.2 Å². The summed E-state index contributed by atoms with van der Waals surface area (Å²) in [6.07, 6.45) is 3.63.